The fraction of sp³-hybridized carbons (Fsp3) is 0.438. The van der Waals surface area contributed by atoms with Crippen LogP contribution in [0.2, 0.25) is 0 Å². The van der Waals surface area contributed by atoms with Crippen molar-refractivity contribution < 1.29 is 4.39 Å². The van der Waals surface area contributed by atoms with Crippen LogP contribution in [0.3, 0.4) is 0 Å². The maximum Gasteiger partial charge on any atom is 0.123 e. The minimum Gasteiger partial charge on any atom is -0.328 e. The highest BCUT2D eigenvalue weighted by atomic mass is 19.1. The third-order valence-electron chi connectivity index (χ3n) is 4.05. The lowest BCUT2D eigenvalue weighted by Crippen LogP contribution is -2.26. The molecule has 0 amide bonds. The summed E-state index contributed by atoms with van der Waals surface area (Å²) < 4.78 is 15.4. The van der Waals surface area contributed by atoms with E-state index in [1.165, 1.54) is 6.07 Å². The predicted octanol–water partition coefficient (Wildman–Crippen LogP) is 2.32. The van der Waals surface area contributed by atoms with Gasteiger partial charge in [-0.1, -0.05) is 0 Å². The summed E-state index contributed by atoms with van der Waals surface area (Å²) in [7, 11) is 0. The Bertz CT molecular complexity index is 582. The molecule has 0 bridgehead atoms. The van der Waals surface area contributed by atoms with Crippen LogP contribution in [-0.4, -0.2) is 33.8 Å². The molecular formula is C16H21FN4. The maximum atomic E-state index is 13.6. The first-order valence-electron chi connectivity index (χ1n) is 7.49. The van der Waals surface area contributed by atoms with Crippen molar-refractivity contribution >= 4 is 0 Å². The van der Waals surface area contributed by atoms with Crippen LogP contribution in [0.25, 0.3) is 5.69 Å². The van der Waals surface area contributed by atoms with Crippen molar-refractivity contribution in [2.75, 3.05) is 13.1 Å². The van der Waals surface area contributed by atoms with Gasteiger partial charge in [-0.05, 0) is 62.2 Å². The van der Waals surface area contributed by atoms with Crippen LogP contribution in [0, 0.1) is 5.82 Å². The lowest BCUT2D eigenvalue weighted by atomic mass is 10.1. The Labute approximate surface area is 124 Å². The van der Waals surface area contributed by atoms with E-state index >= 15 is 0 Å². The molecule has 1 aliphatic heterocycles. The van der Waals surface area contributed by atoms with Crippen LogP contribution < -0.4 is 5.73 Å². The van der Waals surface area contributed by atoms with Gasteiger partial charge < -0.3 is 5.73 Å². The average Bonchev–Trinajstić information content (AvgIpc) is 2.91. The summed E-state index contributed by atoms with van der Waals surface area (Å²) in [5, 5.41) is 4.26. The van der Waals surface area contributed by atoms with Crippen LogP contribution in [0.5, 0.6) is 0 Å². The quantitative estimate of drug-likeness (QED) is 0.943. The second-order valence-corrected chi connectivity index (χ2v) is 5.69. The second kappa shape index (κ2) is 6.37. The van der Waals surface area contributed by atoms with Gasteiger partial charge in [0.2, 0.25) is 0 Å². The molecule has 1 aromatic carbocycles. The molecule has 1 saturated heterocycles. The van der Waals surface area contributed by atoms with E-state index in [1.807, 2.05) is 12.3 Å². The summed E-state index contributed by atoms with van der Waals surface area (Å²) in [5.41, 5.74) is 7.93. The average molecular weight is 288 g/mol. The number of halogens is 1. The SMILES string of the molecule is N[C@@H]1CCCN(Cc2cc(F)ccc2-n2cccn2)CC1. The molecule has 0 unspecified atom stereocenters. The van der Waals surface area contributed by atoms with Gasteiger partial charge in [0.25, 0.3) is 0 Å². The van der Waals surface area contributed by atoms with Crippen molar-refractivity contribution in [3.05, 3.63) is 48.0 Å². The Kier molecular flexibility index (Phi) is 4.31. The molecule has 1 atom stereocenters. The van der Waals surface area contributed by atoms with Crippen molar-refractivity contribution in [2.24, 2.45) is 5.73 Å². The van der Waals surface area contributed by atoms with E-state index in [0.717, 1.165) is 50.1 Å². The highest BCUT2D eigenvalue weighted by molar-refractivity contribution is 5.40. The van der Waals surface area contributed by atoms with Gasteiger partial charge in [0, 0.05) is 25.0 Å². The fourth-order valence-electron chi connectivity index (χ4n) is 2.90. The van der Waals surface area contributed by atoms with Gasteiger partial charge in [0.05, 0.1) is 5.69 Å². The molecule has 1 aliphatic rings. The molecule has 0 saturated carbocycles. The summed E-state index contributed by atoms with van der Waals surface area (Å²) in [6, 6.07) is 7.06. The zero-order chi connectivity index (χ0) is 14.7. The standard InChI is InChI=1S/C16H21FN4/c17-14-4-5-16(21-9-2-7-19-21)13(11-14)12-20-8-1-3-15(18)6-10-20/h2,4-5,7,9,11,15H,1,3,6,8,10,12,18H2/t15-/m1/s1. The molecule has 3 rings (SSSR count). The lowest BCUT2D eigenvalue weighted by Gasteiger charge is -2.21. The molecule has 5 heteroatoms. The summed E-state index contributed by atoms with van der Waals surface area (Å²) in [5.74, 6) is -0.201. The summed E-state index contributed by atoms with van der Waals surface area (Å²) >= 11 is 0. The Morgan fingerprint density at radius 2 is 2.19 bits per heavy atom. The van der Waals surface area contributed by atoms with Crippen LogP contribution in [0.15, 0.2) is 36.7 Å². The van der Waals surface area contributed by atoms with Gasteiger partial charge in [0.1, 0.15) is 5.82 Å². The predicted molar refractivity (Wildman–Crippen MR) is 80.6 cm³/mol. The van der Waals surface area contributed by atoms with E-state index in [2.05, 4.69) is 10.00 Å². The summed E-state index contributed by atoms with van der Waals surface area (Å²) in [6.45, 7) is 2.72. The van der Waals surface area contributed by atoms with Gasteiger partial charge in [0.15, 0.2) is 0 Å². The van der Waals surface area contributed by atoms with E-state index in [-0.39, 0.29) is 5.82 Å². The van der Waals surface area contributed by atoms with Gasteiger partial charge >= 0.3 is 0 Å². The third-order valence-corrected chi connectivity index (χ3v) is 4.05. The van der Waals surface area contributed by atoms with E-state index in [9.17, 15) is 4.39 Å². The molecule has 2 aromatic rings. The second-order valence-electron chi connectivity index (χ2n) is 5.69. The molecule has 2 N–H and O–H groups in total. The summed E-state index contributed by atoms with van der Waals surface area (Å²) in [4.78, 5) is 2.36. The minimum atomic E-state index is -0.201. The number of nitrogens with zero attached hydrogens (tertiary/aromatic N) is 3. The Morgan fingerprint density at radius 3 is 3.00 bits per heavy atom. The minimum absolute atomic E-state index is 0.201. The fourth-order valence-corrected chi connectivity index (χ4v) is 2.90. The smallest absolute Gasteiger partial charge is 0.123 e. The molecule has 21 heavy (non-hydrogen) atoms. The number of hydrogen-bond acceptors (Lipinski definition) is 3. The van der Waals surface area contributed by atoms with Gasteiger partial charge in [-0.25, -0.2) is 9.07 Å². The largest absolute Gasteiger partial charge is 0.328 e. The number of nitrogens with two attached hydrogens (primary N) is 1. The van der Waals surface area contributed by atoms with Gasteiger partial charge in [-0.15, -0.1) is 0 Å². The first-order chi connectivity index (χ1) is 10.2. The Balaban J connectivity index is 1.82. The highest BCUT2D eigenvalue weighted by Gasteiger charge is 2.16. The van der Waals surface area contributed by atoms with E-state index in [1.54, 1.807) is 23.0 Å². The van der Waals surface area contributed by atoms with E-state index in [0.29, 0.717) is 6.04 Å². The molecule has 0 radical (unpaired) electrons. The van der Waals surface area contributed by atoms with Crippen molar-refractivity contribution in [2.45, 2.75) is 31.8 Å². The van der Waals surface area contributed by atoms with E-state index in [4.69, 9.17) is 5.73 Å². The molecular weight excluding hydrogens is 267 g/mol. The van der Waals surface area contributed by atoms with Crippen molar-refractivity contribution in [1.82, 2.24) is 14.7 Å². The molecule has 2 heterocycles. The Morgan fingerprint density at radius 1 is 1.29 bits per heavy atom. The molecule has 1 aromatic heterocycles. The maximum absolute atomic E-state index is 13.6. The van der Waals surface area contributed by atoms with Crippen LogP contribution >= 0.6 is 0 Å². The first-order valence-corrected chi connectivity index (χ1v) is 7.49. The zero-order valence-electron chi connectivity index (χ0n) is 12.1. The zero-order valence-corrected chi connectivity index (χ0v) is 12.1. The molecule has 112 valence electrons. The third kappa shape index (κ3) is 3.49. The van der Waals surface area contributed by atoms with Crippen molar-refractivity contribution in [3.63, 3.8) is 0 Å². The number of aromatic nitrogens is 2. The van der Waals surface area contributed by atoms with Crippen LogP contribution in [-0.2, 0) is 6.54 Å². The molecule has 4 nitrogen and oxygen atoms in total. The molecule has 1 fully saturated rings. The van der Waals surface area contributed by atoms with E-state index < -0.39 is 0 Å². The molecule has 0 spiro atoms. The van der Waals surface area contributed by atoms with Crippen LogP contribution in [0.4, 0.5) is 4.39 Å². The number of hydrogen-bond donors (Lipinski definition) is 1. The van der Waals surface area contributed by atoms with Crippen molar-refractivity contribution in [3.8, 4) is 5.69 Å². The topological polar surface area (TPSA) is 47.1 Å². The monoisotopic (exact) mass is 288 g/mol. The number of likely N-dealkylation sites (tertiary alicyclic amines) is 1. The Hall–Kier alpha value is -1.72. The number of rotatable bonds is 3. The van der Waals surface area contributed by atoms with Gasteiger partial charge in [-0.2, -0.15) is 5.10 Å². The first kappa shape index (κ1) is 14.2. The normalized spacial score (nSPS) is 20.4. The molecule has 0 aliphatic carbocycles. The summed E-state index contributed by atoms with van der Waals surface area (Å²) in [6.07, 6.45) is 6.80. The van der Waals surface area contributed by atoms with Gasteiger partial charge in [-0.3, -0.25) is 4.90 Å². The highest BCUT2D eigenvalue weighted by Crippen LogP contribution is 2.19. The van der Waals surface area contributed by atoms with Crippen molar-refractivity contribution in [1.29, 1.82) is 0 Å². The number of benzene rings is 1. The van der Waals surface area contributed by atoms with Crippen LogP contribution in [0.1, 0.15) is 24.8 Å². The lowest BCUT2D eigenvalue weighted by molar-refractivity contribution is 0.275.